The zero-order valence-corrected chi connectivity index (χ0v) is 33.4. The molecule has 0 saturated heterocycles. The van der Waals surface area contributed by atoms with Crippen LogP contribution in [0.1, 0.15) is 26.4 Å². The van der Waals surface area contributed by atoms with Gasteiger partial charge in [-0.2, -0.15) is 16.8 Å². The van der Waals surface area contributed by atoms with Gasteiger partial charge in [-0.1, -0.05) is 135 Å². The van der Waals surface area contributed by atoms with E-state index in [1.807, 2.05) is 135 Å². The Labute approximate surface area is 324 Å². The SMILES string of the molecule is CC1(C)c2cc(S(=O)(=O)O)cc(P(c3ccccc3)c3ccccc3)c2Oc2c(P(c3ccccc3)c3ccccc3)cc(S(=O)(=O)O)cc21.[H-].[Na+]. The number of benzene rings is 6. The van der Waals surface area contributed by atoms with Crippen molar-refractivity contribution < 1.29 is 61.7 Å². The zero-order chi connectivity index (χ0) is 35.3. The Hall–Kier alpha value is -3.20. The molecular weight excluding hydrogens is 729 g/mol. The van der Waals surface area contributed by atoms with Gasteiger partial charge >= 0.3 is 29.6 Å². The van der Waals surface area contributed by atoms with Crippen molar-refractivity contribution in [1.82, 2.24) is 0 Å². The molecule has 254 valence electrons. The second kappa shape index (κ2) is 14.7. The number of fused-ring (bicyclic) bond motifs is 2. The molecule has 1 aliphatic heterocycles. The molecule has 7 rings (SSSR count). The van der Waals surface area contributed by atoms with E-state index in [-0.39, 0.29) is 40.8 Å². The molecule has 1 heterocycles. The Morgan fingerprint density at radius 2 is 0.784 bits per heavy atom. The fourth-order valence-electron chi connectivity index (χ4n) is 6.36. The summed E-state index contributed by atoms with van der Waals surface area (Å²) in [4.78, 5) is -0.597. The minimum Gasteiger partial charge on any atom is -1.00 e. The molecule has 0 unspecified atom stereocenters. The second-order valence-electron chi connectivity index (χ2n) is 12.3. The predicted molar refractivity (Wildman–Crippen MR) is 203 cm³/mol. The van der Waals surface area contributed by atoms with Gasteiger partial charge in [0.15, 0.2) is 0 Å². The van der Waals surface area contributed by atoms with Gasteiger partial charge < -0.3 is 6.16 Å². The van der Waals surface area contributed by atoms with Crippen molar-refractivity contribution in [1.29, 1.82) is 0 Å². The van der Waals surface area contributed by atoms with Crippen LogP contribution in [0.15, 0.2) is 155 Å². The molecule has 6 aromatic rings. The Morgan fingerprint density at radius 3 is 1.04 bits per heavy atom. The zero-order valence-electron chi connectivity index (χ0n) is 29.0. The molecule has 0 fully saturated rings. The maximum absolute atomic E-state index is 12.9. The Balaban J connectivity index is 0.00000261. The molecular formula is C39H33NaO7P2S2. The van der Waals surface area contributed by atoms with E-state index in [0.717, 1.165) is 21.2 Å². The van der Waals surface area contributed by atoms with Crippen molar-refractivity contribution in [3.63, 3.8) is 0 Å². The van der Waals surface area contributed by atoms with Crippen molar-refractivity contribution >= 4 is 67.9 Å². The second-order valence-corrected chi connectivity index (χ2v) is 19.5. The van der Waals surface area contributed by atoms with Crippen LogP contribution in [0.2, 0.25) is 0 Å². The van der Waals surface area contributed by atoms with Crippen LogP contribution >= 0.6 is 15.8 Å². The van der Waals surface area contributed by atoms with E-state index < -0.39 is 41.5 Å². The van der Waals surface area contributed by atoms with Crippen molar-refractivity contribution in [2.75, 3.05) is 0 Å². The van der Waals surface area contributed by atoms with Crippen LogP contribution in [-0.2, 0) is 25.7 Å². The summed E-state index contributed by atoms with van der Waals surface area (Å²) in [5.74, 6) is 0.872. The molecule has 2 N–H and O–H groups in total. The molecule has 0 aromatic heterocycles. The summed E-state index contributed by atoms with van der Waals surface area (Å²) in [5.41, 5.74) is -0.148. The van der Waals surface area contributed by atoms with Crippen LogP contribution in [0, 0.1) is 0 Å². The third-order valence-corrected chi connectivity index (χ3v) is 15.3. The first-order chi connectivity index (χ1) is 23.8. The molecule has 0 atom stereocenters. The standard InChI is InChI=1S/C39H32O7P2S2.Na.H/c1-39(2)33-23-31(49(40,41)42)25-35(47(27-15-7-3-8-16-27)28-17-9-4-10-18-28)37(33)46-38-34(39)24-32(50(43,44)45)26-36(38)48(29-19-11-5-12-20-29)30-21-13-6-14-22-30;;/h3-26H,1-2H3,(H,40,41,42)(H,43,44,45);;/q;+1;-1. The van der Waals surface area contributed by atoms with Crippen LogP contribution in [0.4, 0.5) is 0 Å². The molecule has 0 saturated carbocycles. The maximum atomic E-state index is 12.9. The Bertz CT molecular complexity index is 2190. The van der Waals surface area contributed by atoms with E-state index >= 15 is 0 Å². The van der Waals surface area contributed by atoms with Crippen molar-refractivity contribution in [2.24, 2.45) is 0 Å². The van der Waals surface area contributed by atoms with E-state index in [1.165, 1.54) is 24.3 Å². The van der Waals surface area contributed by atoms with Gasteiger partial charge in [0.05, 0.1) is 9.79 Å². The molecule has 51 heavy (non-hydrogen) atoms. The summed E-state index contributed by atoms with van der Waals surface area (Å²) in [5, 5.41) is 4.91. The van der Waals surface area contributed by atoms with Crippen molar-refractivity contribution in [3.8, 4) is 11.5 Å². The number of hydrogen-bond acceptors (Lipinski definition) is 5. The van der Waals surface area contributed by atoms with E-state index in [2.05, 4.69) is 0 Å². The predicted octanol–water partition coefficient (Wildman–Crippen LogP) is 3.24. The topological polar surface area (TPSA) is 118 Å². The van der Waals surface area contributed by atoms with Gasteiger partial charge in [-0.25, -0.2) is 0 Å². The first kappa shape index (κ1) is 37.6. The third kappa shape index (κ3) is 7.38. The normalized spacial score (nSPS) is 13.5. The van der Waals surface area contributed by atoms with E-state index in [4.69, 9.17) is 4.74 Å². The number of rotatable bonds is 8. The van der Waals surface area contributed by atoms with Gasteiger partial charge in [0.25, 0.3) is 20.2 Å². The Kier molecular flexibility index (Phi) is 10.8. The van der Waals surface area contributed by atoms with Crippen LogP contribution in [-0.4, -0.2) is 25.9 Å². The smallest absolute Gasteiger partial charge is 1.00 e. The first-order valence-corrected chi connectivity index (χ1v) is 21.2. The van der Waals surface area contributed by atoms with Crippen LogP contribution in [0.25, 0.3) is 0 Å². The largest absolute Gasteiger partial charge is 1.00 e. The summed E-state index contributed by atoms with van der Waals surface area (Å²) >= 11 is 0. The molecule has 0 radical (unpaired) electrons. The van der Waals surface area contributed by atoms with E-state index in [9.17, 15) is 25.9 Å². The molecule has 0 amide bonds. The summed E-state index contributed by atoms with van der Waals surface area (Å²) < 4.78 is 79.5. The van der Waals surface area contributed by atoms with E-state index in [1.54, 1.807) is 0 Å². The van der Waals surface area contributed by atoms with Gasteiger partial charge in [0.2, 0.25) is 0 Å². The minimum atomic E-state index is -4.69. The van der Waals surface area contributed by atoms with Gasteiger partial charge in [-0.15, -0.1) is 0 Å². The average Bonchev–Trinajstić information content (AvgIpc) is 3.10. The fourth-order valence-corrected chi connectivity index (χ4v) is 12.5. The quantitative estimate of drug-likeness (QED) is 0.139. The fraction of sp³-hybridized carbons (Fsp3) is 0.0769. The van der Waals surface area contributed by atoms with Crippen molar-refractivity contribution in [2.45, 2.75) is 29.1 Å². The van der Waals surface area contributed by atoms with Gasteiger partial charge in [0.1, 0.15) is 11.5 Å². The van der Waals surface area contributed by atoms with Gasteiger partial charge in [-0.05, 0) is 61.3 Å². The first-order valence-electron chi connectivity index (χ1n) is 15.6. The number of hydrogen-bond donors (Lipinski definition) is 2. The van der Waals surface area contributed by atoms with Crippen molar-refractivity contribution in [3.05, 3.63) is 157 Å². The minimum absolute atomic E-state index is 0. The van der Waals surface area contributed by atoms with Crippen LogP contribution in [0.5, 0.6) is 11.5 Å². The number of ether oxygens (including phenoxy) is 1. The summed E-state index contributed by atoms with van der Waals surface area (Å²) in [6.45, 7) is 3.73. The van der Waals surface area contributed by atoms with Gasteiger partial charge in [0, 0.05) is 27.2 Å². The molecule has 12 heteroatoms. The maximum Gasteiger partial charge on any atom is 1.00 e. The van der Waals surface area contributed by atoms with Crippen LogP contribution < -0.4 is 66.1 Å². The van der Waals surface area contributed by atoms with Crippen LogP contribution in [0.3, 0.4) is 0 Å². The molecule has 7 nitrogen and oxygen atoms in total. The van der Waals surface area contributed by atoms with E-state index in [0.29, 0.717) is 33.2 Å². The summed E-state index contributed by atoms with van der Waals surface area (Å²) in [7, 11) is -12.2. The Morgan fingerprint density at radius 1 is 0.510 bits per heavy atom. The molecule has 1 aliphatic rings. The molecule has 0 bridgehead atoms. The van der Waals surface area contributed by atoms with Gasteiger partial charge in [-0.3, -0.25) is 9.11 Å². The molecule has 6 aromatic carbocycles. The third-order valence-electron chi connectivity index (χ3n) is 8.77. The molecule has 0 aliphatic carbocycles. The molecule has 0 spiro atoms. The summed E-state index contributed by atoms with van der Waals surface area (Å²) in [6, 6.07) is 44.7. The monoisotopic (exact) mass is 762 g/mol. The summed E-state index contributed by atoms with van der Waals surface area (Å²) in [6.07, 6.45) is 0. The average molecular weight is 763 g/mol.